The van der Waals surface area contributed by atoms with Crippen molar-refractivity contribution in [1.82, 2.24) is 19.5 Å². The molecule has 29 heavy (non-hydrogen) atoms. The summed E-state index contributed by atoms with van der Waals surface area (Å²) in [4.78, 5) is 13.3. The molecule has 2 aromatic heterocycles. The normalized spacial score (nSPS) is 28.0. The number of rotatable bonds is 5. The van der Waals surface area contributed by atoms with Crippen LogP contribution in [0, 0.1) is 0 Å². The minimum Gasteiger partial charge on any atom is -0.394 e. The van der Waals surface area contributed by atoms with Crippen LogP contribution in [-0.4, -0.2) is 55.3 Å². The number of nitrogens with zero attached hydrogens (tertiary/aromatic N) is 4. The van der Waals surface area contributed by atoms with Crippen LogP contribution in [0.5, 0.6) is 0 Å². The maximum Gasteiger partial charge on any atom is 0.167 e. The first kappa shape index (κ1) is 18.4. The van der Waals surface area contributed by atoms with Gasteiger partial charge < -0.3 is 24.6 Å². The molecular weight excluding hydrogens is 374 g/mol. The zero-order valence-electron chi connectivity index (χ0n) is 16.2. The lowest BCUT2D eigenvalue weighted by molar-refractivity contribution is -0.199. The molecule has 152 valence electrons. The summed E-state index contributed by atoms with van der Waals surface area (Å²) < 4.78 is 19.9. The standard InChI is InChI=1S/C20H23N5O4/c1-20(2)28-15-13(9-26)27-19(16(15)29-20)25-11-24-14-17(22-10-23-18(14)25)21-8-12-6-4-3-5-7-12/h3-7,10-11,13,15-16,19,26H,8-9H2,1-2H3,(H,21,22,23)/t13-,15-,16-,19-/m1/s1. The first-order valence-electron chi connectivity index (χ1n) is 9.63. The smallest absolute Gasteiger partial charge is 0.167 e. The minimum atomic E-state index is -0.738. The number of aromatic nitrogens is 4. The molecule has 2 aliphatic rings. The van der Waals surface area contributed by atoms with Crippen LogP contribution >= 0.6 is 0 Å². The SMILES string of the molecule is CC1(C)O[C@@H]2[C@H](O1)[C@@H](CO)O[C@H]2n1cnc2c(NCc3ccccc3)ncnc21. The van der Waals surface area contributed by atoms with Gasteiger partial charge >= 0.3 is 0 Å². The number of hydrogen-bond donors (Lipinski definition) is 2. The molecule has 2 aliphatic heterocycles. The summed E-state index contributed by atoms with van der Waals surface area (Å²) in [6.45, 7) is 4.19. The van der Waals surface area contributed by atoms with Crippen molar-refractivity contribution in [3.05, 3.63) is 48.5 Å². The fourth-order valence-electron chi connectivity index (χ4n) is 3.98. The van der Waals surface area contributed by atoms with Crippen LogP contribution in [0.4, 0.5) is 5.82 Å². The molecule has 9 nitrogen and oxygen atoms in total. The van der Waals surface area contributed by atoms with E-state index in [9.17, 15) is 5.11 Å². The molecule has 2 N–H and O–H groups in total. The highest BCUT2D eigenvalue weighted by Crippen LogP contribution is 2.43. The summed E-state index contributed by atoms with van der Waals surface area (Å²) >= 11 is 0. The van der Waals surface area contributed by atoms with Crippen LogP contribution in [0.15, 0.2) is 43.0 Å². The van der Waals surface area contributed by atoms with Gasteiger partial charge in [0.2, 0.25) is 0 Å². The van der Waals surface area contributed by atoms with Gasteiger partial charge in [0.25, 0.3) is 0 Å². The third-order valence-electron chi connectivity index (χ3n) is 5.24. The second-order valence-corrected chi connectivity index (χ2v) is 7.70. The maximum atomic E-state index is 9.71. The van der Waals surface area contributed by atoms with Crippen LogP contribution in [0.25, 0.3) is 11.2 Å². The zero-order valence-corrected chi connectivity index (χ0v) is 16.2. The van der Waals surface area contributed by atoms with Crippen LogP contribution in [0.3, 0.4) is 0 Å². The van der Waals surface area contributed by atoms with Crippen molar-refractivity contribution in [3.8, 4) is 0 Å². The van der Waals surface area contributed by atoms with Crippen LogP contribution in [0.1, 0.15) is 25.6 Å². The van der Waals surface area contributed by atoms with Gasteiger partial charge in [-0.25, -0.2) is 15.0 Å². The summed E-state index contributed by atoms with van der Waals surface area (Å²) in [5.74, 6) is -0.0896. The van der Waals surface area contributed by atoms with Gasteiger partial charge in [-0.05, 0) is 19.4 Å². The van der Waals surface area contributed by atoms with E-state index in [1.807, 2.05) is 48.7 Å². The first-order valence-corrected chi connectivity index (χ1v) is 9.63. The molecule has 0 aliphatic carbocycles. The quantitative estimate of drug-likeness (QED) is 0.672. The average Bonchev–Trinajstić information content (AvgIpc) is 3.37. The van der Waals surface area contributed by atoms with Gasteiger partial charge in [-0.2, -0.15) is 0 Å². The number of hydrogen-bond acceptors (Lipinski definition) is 8. The number of fused-ring (bicyclic) bond motifs is 2. The molecule has 3 aromatic rings. The maximum absolute atomic E-state index is 9.71. The van der Waals surface area contributed by atoms with E-state index in [-0.39, 0.29) is 18.8 Å². The van der Waals surface area contributed by atoms with E-state index in [1.54, 1.807) is 6.33 Å². The Balaban J connectivity index is 1.44. The molecule has 0 unspecified atom stereocenters. The van der Waals surface area contributed by atoms with Crippen molar-refractivity contribution in [2.24, 2.45) is 0 Å². The van der Waals surface area contributed by atoms with E-state index >= 15 is 0 Å². The molecule has 2 saturated heterocycles. The number of aliphatic hydroxyl groups excluding tert-OH is 1. The van der Waals surface area contributed by atoms with Crippen molar-refractivity contribution in [3.63, 3.8) is 0 Å². The molecule has 9 heteroatoms. The third kappa shape index (κ3) is 3.25. The fourth-order valence-corrected chi connectivity index (χ4v) is 3.98. The molecule has 0 spiro atoms. The first-order chi connectivity index (χ1) is 14.1. The summed E-state index contributed by atoms with van der Waals surface area (Å²) in [5, 5.41) is 13.0. The largest absolute Gasteiger partial charge is 0.394 e. The van der Waals surface area contributed by atoms with E-state index in [2.05, 4.69) is 20.3 Å². The van der Waals surface area contributed by atoms with Gasteiger partial charge in [0, 0.05) is 6.54 Å². The minimum absolute atomic E-state index is 0.150. The number of ether oxygens (including phenoxy) is 3. The number of imidazole rings is 1. The van der Waals surface area contributed by atoms with Crippen molar-refractivity contribution in [2.45, 2.75) is 50.7 Å². The number of aliphatic hydroxyl groups is 1. The second kappa shape index (κ2) is 7.03. The van der Waals surface area contributed by atoms with E-state index in [4.69, 9.17) is 14.2 Å². The lowest BCUT2D eigenvalue weighted by atomic mass is 10.1. The molecule has 2 fully saturated rings. The van der Waals surface area contributed by atoms with Crippen molar-refractivity contribution in [2.75, 3.05) is 11.9 Å². The van der Waals surface area contributed by atoms with Crippen LogP contribution in [0.2, 0.25) is 0 Å². The van der Waals surface area contributed by atoms with Gasteiger partial charge in [-0.3, -0.25) is 4.57 Å². The van der Waals surface area contributed by atoms with Crippen molar-refractivity contribution < 1.29 is 19.3 Å². The highest BCUT2D eigenvalue weighted by Gasteiger charge is 2.55. The summed E-state index contributed by atoms with van der Waals surface area (Å²) in [7, 11) is 0. The Kier molecular flexibility index (Phi) is 4.47. The Morgan fingerprint density at radius 2 is 1.90 bits per heavy atom. The predicted molar refractivity (Wildman–Crippen MR) is 104 cm³/mol. The van der Waals surface area contributed by atoms with E-state index in [1.165, 1.54) is 6.33 Å². The Labute approximate surface area is 167 Å². The monoisotopic (exact) mass is 397 g/mol. The molecule has 0 saturated carbocycles. The Morgan fingerprint density at radius 1 is 1.10 bits per heavy atom. The molecule has 5 rings (SSSR count). The second-order valence-electron chi connectivity index (χ2n) is 7.70. The van der Waals surface area contributed by atoms with E-state index in [0.29, 0.717) is 23.5 Å². The van der Waals surface area contributed by atoms with Gasteiger partial charge in [0.15, 0.2) is 29.0 Å². The van der Waals surface area contributed by atoms with E-state index in [0.717, 1.165) is 5.56 Å². The third-order valence-corrected chi connectivity index (χ3v) is 5.24. The number of anilines is 1. The Bertz CT molecular complexity index is 1010. The highest BCUT2D eigenvalue weighted by atomic mass is 16.8. The number of benzene rings is 1. The summed E-state index contributed by atoms with van der Waals surface area (Å²) in [5.41, 5.74) is 2.42. The molecule has 0 bridgehead atoms. The molecule has 1 aromatic carbocycles. The van der Waals surface area contributed by atoms with E-state index < -0.39 is 18.1 Å². The highest BCUT2D eigenvalue weighted by molar-refractivity contribution is 5.82. The molecule has 0 amide bonds. The van der Waals surface area contributed by atoms with Gasteiger partial charge in [0.1, 0.15) is 24.6 Å². The van der Waals surface area contributed by atoms with Crippen LogP contribution in [-0.2, 0) is 20.8 Å². The zero-order chi connectivity index (χ0) is 20.0. The van der Waals surface area contributed by atoms with Gasteiger partial charge in [-0.1, -0.05) is 30.3 Å². The van der Waals surface area contributed by atoms with Crippen LogP contribution < -0.4 is 5.32 Å². The summed E-state index contributed by atoms with van der Waals surface area (Å²) in [6.07, 6.45) is 1.48. The summed E-state index contributed by atoms with van der Waals surface area (Å²) in [6, 6.07) is 10.1. The lowest BCUT2D eigenvalue weighted by Gasteiger charge is -2.24. The van der Waals surface area contributed by atoms with Crippen molar-refractivity contribution >= 4 is 17.0 Å². The molecule has 0 radical (unpaired) electrons. The fraction of sp³-hybridized carbons (Fsp3) is 0.450. The topological polar surface area (TPSA) is 104 Å². The lowest BCUT2D eigenvalue weighted by Crippen LogP contribution is -2.31. The predicted octanol–water partition coefficient (Wildman–Crippen LogP) is 1.85. The van der Waals surface area contributed by atoms with Gasteiger partial charge in [0.05, 0.1) is 12.9 Å². The molecule has 4 heterocycles. The Hall–Kier alpha value is -2.59. The molecule has 4 atom stereocenters. The van der Waals surface area contributed by atoms with Gasteiger partial charge in [-0.15, -0.1) is 0 Å². The Morgan fingerprint density at radius 3 is 2.69 bits per heavy atom. The molecular formula is C20H23N5O4. The average molecular weight is 397 g/mol. The van der Waals surface area contributed by atoms with Crippen molar-refractivity contribution in [1.29, 1.82) is 0 Å². The number of nitrogens with one attached hydrogen (secondary N) is 1.